The molecule has 0 saturated heterocycles. The van der Waals surface area contributed by atoms with Gasteiger partial charge < -0.3 is 14.6 Å². The number of phenolic OH excluding ortho intramolecular Hbond substituents is 1. The number of phenols is 1. The quantitative estimate of drug-likeness (QED) is 0.420. The molecular formula is C18H17BrN2O4. The van der Waals surface area contributed by atoms with Gasteiger partial charge in [0.05, 0.1) is 18.9 Å². The molecule has 0 aliphatic rings. The third kappa shape index (κ3) is 5.09. The molecule has 2 rings (SSSR count). The zero-order chi connectivity index (χ0) is 18.2. The van der Waals surface area contributed by atoms with E-state index in [1.165, 1.54) is 19.4 Å². The lowest BCUT2D eigenvalue weighted by Gasteiger charge is -2.09. The number of benzene rings is 2. The molecule has 0 fully saturated rings. The molecule has 0 heterocycles. The summed E-state index contributed by atoms with van der Waals surface area (Å²) >= 11 is 3.33. The summed E-state index contributed by atoms with van der Waals surface area (Å²) in [7, 11) is 1.45. The Hall–Kier alpha value is -2.80. The first-order valence-corrected chi connectivity index (χ1v) is 8.08. The molecule has 6 nitrogen and oxygen atoms in total. The second-order valence-electron chi connectivity index (χ2n) is 4.87. The van der Waals surface area contributed by atoms with Gasteiger partial charge in [0.1, 0.15) is 12.4 Å². The van der Waals surface area contributed by atoms with Crippen molar-refractivity contribution in [2.45, 2.75) is 0 Å². The third-order valence-corrected chi connectivity index (χ3v) is 3.62. The van der Waals surface area contributed by atoms with Crippen LogP contribution in [0.25, 0.3) is 0 Å². The largest absolute Gasteiger partial charge is 0.504 e. The number of hydrogen-bond donors (Lipinski definition) is 2. The van der Waals surface area contributed by atoms with E-state index < -0.39 is 5.91 Å². The van der Waals surface area contributed by atoms with Crippen molar-refractivity contribution >= 4 is 28.1 Å². The Morgan fingerprint density at radius 3 is 2.84 bits per heavy atom. The number of hydrogen-bond acceptors (Lipinski definition) is 5. The van der Waals surface area contributed by atoms with E-state index in [-0.39, 0.29) is 5.75 Å². The molecule has 0 aliphatic carbocycles. The molecular weight excluding hydrogens is 388 g/mol. The normalized spacial score (nSPS) is 10.5. The van der Waals surface area contributed by atoms with Gasteiger partial charge in [0.25, 0.3) is 5.91 Å². The zero-order valence-electron chi connectivity index (χ0n) is 13.5. The molecule has 2 N–H and O–H groups in total. The highest BCUT2D eigenvalue weighted by Gasteiger charge is 2.12. The van der Waals surface area contributed by atoms with Crippen LogP contribution in [0.4, 0.5) is 0 Å². The van der Waals surface area contributed by atoms with Crippen LogP contribution < -0.4 is 14.9 Å². The number of rotatable bonds is 7. The summed E-state index contributed by atoms with van der Waals surface area (Å²) in [5.41, 5.74) is 3.45. The van der Waals surface area contributed by atoms with E-state index >= 15 is 0 Å². The van der Waals surface area contributed by atoms with Crippen molar-refractivity contribution in [2.24, 2.45) is 5.10 Å². The van der Waals surface area contributed by atoms with Gasteiger partial charge in [-0.2, -0.15) is 5.10 Å². The molecule has 0 radical (unpaired) electrons. The molecule has 0 unspecified atom stereocenters. The fourth-order valence-corrected chi connectivity index (χ4v) is 2.32. The van der Waals surface area contributed by atoms with Gasteiger partial charge in [-0.3, -0.25) is 4.79 Å². The molecule has 0 bridgehead atoms. The number of carbonyl (C=O) groups excluding carboxylic acids is 1. The summed E-state index contributed by atoms with van der Waals surface area (Å²) in [5.74, 6) is 0.369. The molecule has 0 saturated carbocycles. The average Bonchev–Trinajstić information content (AvgIpc) is 2.61. The minimum absolute atomic E-state index is 0.0295. The van der Waals surface area contributed by atoms with Gasteiger partial charge in [-0.25, -0.2) is 5.43 Å². The maximum atomic E-state index is 12.3. The second-order valence-corrected chi connectivity index (χ2v) is 5.79. The van der Waals surface area contributed by atoms with Crippen molar-refractivity contribution in [2.75, 3.05) is 13.7 Å². The van der Waals surface area contributed by atoms with Gasteiger partial charge in [0.2, 0.25) is 0 Å². The Bertz CT molecular complexity index is 806. The van der Waals surface area contributed by atoms with Crippen LogP contribution in [0.15, 0.2) is 58.6 Å². The van der Waals surface area contributed by atoms with E-state index in [1.54, 1.807) is 36.4 Å². The molecule has 1 amide bonds. The van der Waals surface area contributed by atoms with Gasteiger partial charge in [0.15, 0.2) is 11.5 Å². The predicted molar refractivity (Wildman–Crippen MR) is 99.6 cm³/mol. The first-order valence-electron chi connectivity index (χ1n) is 7.28. The molecule has 2 aromatic rings. The highest BCUT2D eigenvalue weighted by atomic mass is 79.9. The summed E-state index contributed by atoms with van der Waals surface area (Å²) in [6.07, 6.45) is 3.04. The molecule has 0 aliphatic heterocycles. The molecule has 130 valence electrons. The van der Waals surface area contributed by atoms with Crippen molar-refractivity contribution in [3.63, 3.8) is 0 Å². The number of nitrogens with one attached hydrogen (secondary N) is 1. The topological polar surface area (TPSA) is 80.2 Å². The first kappa shape index (κ1) is 18.5. The summed E-state index contributed by atoms with van der Waals surface area (Å²) in [6, 6.07) is 9.84. The van der Waals surface area contributed by atoms with Gasteiger partial charge in [0, 0.05) is 4.47 Å². The number of nitrogens with zero attached hydrogens (tertiary/aromatic N) is 1. The zero-order valence-corrected chi connectivity index (χ0v) is 15.1. The van der Waals surface area contributed by atoms with Crippen LogP contribution in [-0.4, -0.2) is 30.9 Å². The lowest BCUT2D eigenvalue weighted by atomic mass is 10.2. The van der Waals surface area contributed by atoms with Crippen LogP contribution in [0.1, 0.15) is 15.9 Å². The highest BCUT2D eigenvalue weighted by Crippen LogP contribution is 2.25. The molecule has 7 heteroatoms. The van der Waals surface area contributed by atoms with Crippen molar-refractivity contribution < 1.29 is 19.4 Å². The Morgan fingerprint density at radius 1 is 1.32 bits per heavy atom. The van der Waals surface area contributed by atoms with Gasteiger partial charge in [-0.1, -0.05) is 28.6 Å². The minimum atomic E-state index is -0.414. The number of methoxy groups -OCH3 is 1. The number of carbonyl (C=O) groups is 1. The fourth-order valence-electron chi connectivity index (χ4n) is 1.95. The van der Waals surface area contributed by atoms with Crippen LogP contribution >= 0.6 is 15.9 Å². The van der Waals surface area contributed by atoms with Crippen molar-refractivity contribution in [3.8, 4) is 17.2 Å². The monoisotopic (exact) mass is 404 g/mol. The average molecular weight is 405 g/mol. The number of halogens is 1. The lowest BCUT2D eigenvalue weighted by molar-refractivity contribution is 0.0951. The SMILES string of the molecule is C=CCOc1ccc(Br)cc1C(=O)N/N=C\c1ccc(O)c(OC)c1. The van der Waals surface area contributed by atoms with Gasteiger partial charge >= 0.3 is 0 Å². The van der Waals surface area contributed by atoms with Crippen molar-refractivity contribution in [3.05, 3.63) is 64.7 Å². The van der Waals surface area contributed by atoms with E-state index in [9.17, 15) is 9.90 Å². The van der Waals surface area contributed by atoms with E-state index in [4.69, 9.17) is 9.47 Å². The van der Waals surface area contributed by atoms with Crippen LogP contribution in [0.3, 0.4) is 0 Å². The first-order chi connectivity index (χ1) is 12.0. The van der Waals surface area contributed by atoms with Crippen LogP contribution in [0.5, 0.6) is 17.2 Å². The molecule has 0 spiro atoms. The van der Waals surface area contributed by atoms with Crippen LogP contribution in [-0.2, 0) is 0 Å². The summed E-state index contributed by atoms with van der Waals surface area (Å²) in [6.45, 7) is 3.88. The van der Waals surface area contributed by atoms with E-state index in [1.807, 2.05) is 0 Å². The van der Waals surface area contributed by atoms with Gasteiger partial charge in [-0.15, -0.1) is 0 Å². The van der Waals surface area contributed by atoms with E-state index in [0.717, 1.165) is 4.47 Å². The van der Waals surface area contributed by atoms with E-state index in [2.05, 4.69) is 33.0 Å². The second kappa shape index (κ2) is 8.89. The van der Waals surface area contributed by atoms with Crippen LogP contribution in [0, 0.1) is 0 Å². The summed E-state index contributed by atoms with van der Waals surface area (Å²) < 4.78 is 11.2. The smallest absolute Gasteiger partial charge is 0.275 e. The number of aromatic hydroxyl groups is 1. The van der Waals surface area contributed by atoms with Gasteiger partial charge in [-0.05, 0) is 42.0 Å². The maximum Gasteiger partial charge on any atom is 0.275 e. The molecule has 0 aromatic heterocycles. The highest BCUT2D eigenvalue weighted by molar-refractivity contribution is 9.10. The minimum Gasteiger partial charge on any atom is -0.504 e. The summed E-state index contributed by atoms with van der Waals surface area (Å²) in [4.78, 5) is 12.3. The third-order valence-electron chi connectivity index (χ3n) is 3.13. The van der Waals surface area contributed by atoms with Crippen molar-refractivity contribution in [1.29, 1.82) is 0 Å². The Kier molecular flexibility index (Phi) is 6.59. The molecule has 0 atom stereocenters. The standard InChI is InChI=1S/C18H17BrN2O4/c1-3-8-25-16-7-5-13(19)10-14(16)18(23)21-20-11-12-4-6-15(22)17(9-12)24-2/h3-7,9-11,22H,1,8H2,2H3,(H,21,23)/b20-11-. The molecule has 25 heavy (non-hydrogen) atoms. The lowest BCUT2D eigenvalue weighted by Crippen LogP contribution is -2.19. The number of amides is 1. The Labute approximate surface area is 153 Å². The number of hydrazone groups is 1. The Morgan fingerprint density at radius 2 is 2.12 bits per heavy atom. The maximum absolute atomic E-state index is 12.3. The van der Waals surface area contributed by atoms with E-state index in [0.29, 0.717) is 29.2 Å². The van der Waals surface area contributed by atoms with Crippen molar-refractivity contribution in [1.82, 2.24) is 5.43 Å². The van der Waals surface area contributed by atoms with Crippen LogP contribution in [0.2, 0.25) is 0 Å². The Balaban J connectivity index is 2.12. The fraction of sp³-hybridized carbons (Fsp3) is 0.111. The predicted octanol–water partition coefficient (Wildman–Crippen LogP) is 3.49. The number of ether oxygens (including phenoxy) is 2. The summed E-state index contributed by atoms with van der Waals surface area (Å²) in [5, 5.41) is 13.5. The molecule has 2 aromatic carbocycles.